The fourth-order valence-corrected chi connectivity index (χ4v) is 6.09. The molecule has 4 amide bonds. The smallest absolute Gasteiger partial charge is 0.410 e. The molecule has 5 aliphatic rings. The van der Waals surface area contributed by atoms with Crippen LogP contribution in [-0.2, 0) is 19.1 Å². The van der Waals surface area contributed by atoms with Crippen molar-refractivity contribution in [1.82, 2.24) is 14.7 Å². The van der Waals surface area contributed by atoms with Gasteiger partial charge in [0.15, 0.2) is 11.6 Å². The van der Waals surface area contributed by atoms with E-state index < -0.39 is 53.3 Å². The molecule has 0 aromatic heterocycles. The minimum Gasteiger partial charge on any atom is -0.473 e. The molecule has 3 aliphatic heterocycles. The van der Waals surface area contributed by atoms with Crippen LogP contribution in [0.4, 0.5) is 19.3 Å². The zero-order chi connectivity index (χ0) is 29.1. The van der Waals surface area contributed by atoms with Gasteiger partial charge in [-0.3, -0.25) is 19.3 Å². The minimum atomic E-state index is -1.73. The zero-order valence-electron chi connectivity index (χ0n) is 22.6. The number of likely N-dealkylation sites (tertiary alicyclic amines) is 1. The van der Waals surface area contributed by atoms with Crippen molar-refractivity contribution in [2.75, 3.05) is 32.1 Å². The van der Waals surface area contributed by atoms with Crippen LogP contribution in [0.5, 0.6) is 5.75 Å². The monoisotopic (exact) mass is 571 g/mol. The van der Waals surface area contributed by atoms with Crippen LogP contribution in [0.1, 0.15) is 44.9 Å². The lowest BCUT2D eigenvalue weighted by atomic mass is 9.97. The summed E-state index contributed by atoms with van der Waals surface area (Å²) in [6.07, 6.45) is 3.84. The molecule has 0 bridgehead atoms. The van der Waals surface area contributed by atoms with Crippen molar-refractivity contribution in [3.05, 3.63) is 23.8 Å². The molecule has 2 aliphatic carbocycles. The summed E-state index contributed by atoms with van der Waals surface area (Å²) < 4.78 is 39.2. The first-order valence-electron chi connectivity index (χ1n) is 14.0. The molecule has 1 N–H and O–H groups in total. The first-order chi connectivity index (χ1) is 19.6. The van der Waals surface area contributed by atoms with Crippen molar-refractivity contribution in [2.45, 2.75) is 68.7 Å². The molecule has 4 fully saturated rings. The molecule has 218 valence electrons. The van der Waals surface area contributed by atoms with Crippen molar-refractivity contribution >= 4 is 29.5 Å². The number of ether oxygens (including phenoxy) is 2. The maximum atomic E-state index is 14.3. The average molecular weight is 572 g/mol. The second-order valence-electron chi connectivity index (χ2n) is 11.8. The van der Waals surface area contributed by atoms with E-state index in [0.29, 0.717) is 24.8 Å². The topological polar surface area (TPSA) is 132 Å². The number of benzene rings is 1. The quantitative estimate of drug-likeness (QED) is 0.507. The second-order valence-corrected chi connectivity index (χ2v) is 11.8. The SMILES string of the molecule is CN(C(=O)C(CC1CC1)N1CCOC1=O)C(CC1CC1)C(=O)N1C[C@@]2(C[C@H]1C#N)Oc1cc(F)cc(F)c1NC2=O. The molecule has 4 atom stereocenters. The molecule has 1 spiro atoms. The lowest BCUT2D eigenvalue weighted by Crippen LogP contribution is -2.57. The maximum Gasteiger partial charge on any atom is 0.410 e. The fraction of sp³-hybridized carbons (Fsp3) is 0.607. The Morgan fingerprint density at radius 3 is 2.54 bits per heavy atom. The van der Waals surface area contributed by atoms with Crippen molar-refractivity contribution in [3.8, 4) is 11.8 Å². The lowest BCUT2D eigenvalue weighted by Gasteiger charge is -2.37. The summed E-state index contributed by atoms with van der Waals surface area (Å²) in [6, 6.07) is 0.849. The van der Waals surface area contributed by atoms with Crippen LogP contribution in [0.3, 0.4) is 0 Å². The molecule has 2 saturated heterocycles. The number of carbonyl (C=O) groups excluding carboxylic acids is 4. The normalized spacial score (nSPS) is 26.5. The molecular weight excluding hydrogens is 540 g/mol. The number of likely N-dealkylation sites (N-methyl/N-ethyl adjacent to an activating group) is 1. The predicted molar refractivity (Wildman–Crippen MR) is 137 cm³/mol. The third-order valence-corrected chi connectivity index (χ3v) is 8.79. The zero-order valence-corrected chi connectivity index (χ0v) is 22.6. The van der Waals surface area contributed by atoms with Gasteiger partial charge in [-0.25, -0.2) is 13.6 Å². The van der Waals surface area contributed by atoms with Gasteiger partial charge < -0.3 is 24.6 Å². The Labute approximate surface area is 235 Å². The van der Waals surface area contributed by atoms with Crippen molar-refractivity contribution in [3.63, 3.8) is 0 Å². The van der Waals surface area contributed by atoms with Gasteiger partial charge in [-0.05, 0) is 24.7 Å². The number of cyclic esters (lactones) is 1. The highest BCUT2D eigenvalue weighted by Crippen LogP contribution is 2.43. The summed E-state index contributed by atoms with van der Waals surface area (Å²) in [4.78, 5) is 57.6. The van der Waals surface area contributed by atoms with Gasteiger partial charge in [-0.2, -0.15) is 5.26 Å². The summed E-state index contributed by atoms with van der Waals surface area (Å²) in [5.74, 6) is -3.21. The van der Waals surface area contributed by atoms with E-state index >= 15 is 0 Å². The van der Waals surface area contributed by atoms with Gasteiger partial charge in [0.2, 0.25) is 17.4 Å². The number of nitrogens with zero attached hydrogens (tertiary/aromatic N) is 4. The van der Waals surface area contributed by atoms with Crippen molar-refractivity contribution < 1.29 is 37.4 Å². The molecule has 1 aromatic carbocycles. The summed E-state index contributed by atoms with van der Waals surface area (Å²) in [5.41, 5.74) is -2.04. The second kappa shape index (κ2) is 10.2. The Balaban J connectivity index is 1.26. The highest BCUT2D eigenvalue weighted by molar-refractivity contribution is 6.02. The largest absolute Gasteiger partial charge is 0.473 e. The van der Waals surface area contributed by atoms with Crippen LogP contribution in [0, 0.1) is 34.8 Å². The number of halogens is 2. The van der Waals surface area contributed by atoms with E-state index in [1.807, 2.05) is 0 Å². The third kappa shape index (κ3) is 5.04. The van der Waals surface area contributed by atoms with Crippen LogP contribution in [0.15, 0.2) is 12.1 Å². The Hall–Kier alpha value is -3.95. The first-order valence-corrected chi connectivity index (χ1v) is 14.0. The summed E-state index contributed by atoms with van der Waals surface area (Å²) in [5, 5.41) is 12.4. The van der Waals surface area contributed by atoms with Crippen molar-refractivity contribution in [2.24, 2.45) is 11.8 Å². The third-order valence-electron chi connectivity index (χ3n) is 8.79. The fourth-order valence-electron chi connectivity index (χ4n) is 6.09. The average Bonchev–Trinajstić information content (AvgIpc) is 3.86. The first kappa shape index (κ1) is 27.2. The number of nitrogens with one attached hydrogen (secondary N) is 1. The van der Waals surface area contributed by atoms with E-state index in [-0.39, 0.29) is 49.4 Å². The number of anilines is 1. The van der Waals surface area contributed by atoms with E-state index in [2.05, 4.69) is 11.4 Å². The highest BCUT2D eigenvalue weighted by Gasteiger charge is 2.57. The molecule has 13 heteroatoms. The number of carbonyl (C=O) groups is 4. The summed E-state index contributed by atoms with van der Waals surface area (Å²) in [6.45, 7) is 0.151. The molecule has 41 heavy (non-hydrogen) atoms. The summed E-state index contributed by atoms with van der Waals surface area (Å²) >= 11 is 0. The van der Waals surface area contributed by atoms with Gasteiger partial charge in [0.05, 0.1) is 19.2 Å². The Morgan fingerprint density at radius 2 is 1.90 bits per heavy atom. The molecule has 3 heterocycles. The predicted octanol–water partition coefficient (Wildman–Crippen LogP) is 2.41. The standard InChI is InChI=1S/C28H31F2N5O6/c1-33(24(36)21(9-16-4-5-16)34-6-7-40-27(34)39)20(8-15-2-3-15)25(37)35-14-28(12-18(35)13-31)26(38)32-23-19(30)10-17(29)11-22(23)41-28/h10-11,15-16,18,20-21H,2-9,12,14H2,1H3,(H,32,38)/t18-,20?,21?,28+/m0/s1. The van der Waals surface area contributed by atoms with Crippen LogP contribution in [0.2, 0.25) is 0 Å². The van der Waals surface area contributed by atoms with Gasteiger partial charge >= 0.3 is 6.09 Å². The minimum absolute atomic E-state index is 0.195. The summed E-state index contributed by atoms with van der Waals surface area (Å²) in [7, 11) is 1.54. The highest BCUT2D eigenvalue weighted by atomic mass is 19.1. The van der Waals surface area contributed by atoms with Gasteiger partial charge in [-0.15, -0.1) is 0 Å². The van der Waals surface area contributed by atoms with E-state index in [1.165, 1.54) is 21.7 Å². The Kier molecular flexibility index (Phi) is 6.74. The molecule has 2 saturated carbocycles. The number of hydrogen-bond acceptors (Lipinski definition) is 7. The lowest BCUT2D eigenvalue weighted by molar-refractivity contribution is -0.148. The van der Waals surface area contributed by atoms with E-state index in [4.69, 9.17) is 9.47 Å². The Morgan fingerprint density at radius 1 is 1.20 bits per heavy atom. The van der Waals surface area contributed by atoms with Crippen molar-refractivity contribution in [1.29, 1.82) is 5.26 Å². The number of fused-ring (bicyclic) bond motifs is 1. The number of hydrogen-bond donors (Lipinski definition) is 1. The van der Waals surface area contributed by atoms with Gasteiger partial charge in [-0.1, -0.05) is 25.7 Å². The molecule has 6 rings (SSSR count). The number of amides is 4. The van der Waals surface area contributed by atoms with E-state index in [0.717, 1.165) is 31.7 Å². The molecule has 2 unspecified atom stereocenters. The van der Waals surface area contributed by atoms with Crippen LogP contribution in [-0.4, -0.2) is 89.0 Å². The number of nitriles is 1. The van der Waals surface area contributed by atoms with Crippen LogP contribution in [0.25, 0.3) is 0 Å². The Bertz CT molecular complexity index is 1340. The molecular formula is C28H31F2N5O6. The maximum absolute atomic E-state index is 14.3. The molecule has 0 radical (unpaired) electrons. The van der Waals surface area contributed by atoms with E-state index in [1.54, 1.807) is 0 Å². The van der Waals surface area contributed by atoms with Crippen LogP contribution >= 0.6 is 0 Å². The molecule has 11 nitrogen and oxygen atoms in total. The van der Waals surface area contributed by atoms with Gasteiger partial charge in [0, 0.05) is 25.6 Å². The van der Waals surface area contributed by atoms with E-state index in [9.17, 15) is 33.2 Å². The molecule has 1 aromatic rings. The van der Waals surface area contributed by atoms with Gasteiger partial charge in [0.1, 0.15) is 36.2 Å². The number of rotatable bonds is 8. The van der Waals surface area contributed by atoms with Gasteiger partial charge in [0.25, 0.3) is 5.91 Å². The van der Waals surface area contributed by atoms with Crippen LogP contribution < -0.4 is 10.1 Å².